The lowest BCUT2D eigenvalue weighted by atomic mass is 9.90. The van der Waals surface area contributed by atoms with Crippen LogP contribution in [0.4, 0.5) is 5.69 Å². The van der Waals surface area contributed by atoms with Gasteiger partial charge in [0.25, 0.3) is 0 Å². The van der Waals surface area contributed by atoms with Crippen molar-refractivity contribution in [3.63, 3.8) is 0 Å². The summed E-state index contributed by atoms with van der Waals surface area (Å²) in [4.78, 5) is 4.92. The molecule has 1 N–H and O–H groups in total. The molecule has 24 heavy (non-hydrogen) atoms. The van der Waals surface area contributed by atoms with Gasteiger partial charge in [0.05, 0.1) is 12.6 Å². The standard InChI is InChI=1S/C21H30N2O/c1-21(2,3)12-7-13-22-20-16-8-5-6-9-18(16)23-19-11-10-15(24-4)14-17(19)20/h10-11,14H,5-9,12-13H2,1-4H3,(H,22,23). The van der Waals surface area contributed by atoms with Gasteiger partial charge in [0.1, 0.15) is 5.75 Å². The zero-order chi connectivity index (χ0) is 17.2. The van der Waals surface area contributed by atoms with Gasteiger partial charge in [-0.25, -0.2) is 0 Å². The average Bonchev–Trinajstić information content (AvgIpc) is 2.56. The molecule has 0 saturated carbocycles. The number of anilines is 1. The number of hydrogen-bond donors (Lipinski definition) is 1. The molecule has 0 atom stereocenters. The first-order chi connectivity index (χ1) is 11.5. The van der Waals surface area contributed by atoms with Crippen LogP contribution >= 0.6 is 0 Å². The van der Waals surface area contributed by atoms with E-state index in [2.05, 4.69) is 38.2 Å². The molecule has 0 spiro atoms. The highest BCUT2D eigenvalue weighted by molar-refractivity contribution is 5.94. The van der Waals surface area contributed by atoms with Crippen molar-refractivity contribution in [3.8, 4) is 5.75 Å². The first-order valence-corrected chi connectivity index (χ1v) is 9.21. The first kappa shape index (κ1) is 17.1. The molecular weight excluding hydrogens is 296 g/mol. The molecule has 3 heteroatoms. The number of aryl methyl sites for hydroxylation is 1. The van der Waals surface area contributed by atoms with E-state index >= 15 is 0 Å². The third-order valence-corrected chi connectivity index (χ3v) is 4.87. The van der Waals surface area contributed by atoms with Crippen molar-refractivity contribution >= 4 is 16.6 Å². The van der Waals surface area contributed by atoms with Gasteiger partial charge >= 0.3 is 0 Å². The van der Waals surface area contributed by atoms with Crippen molar-refractivity contribution in [2.24, 2.45) is 5.41 Å². The van der Waals surface area contributed by atoms with Gasteiger partial charge in [-0.1, -0.05) is 20.8 Å². The van der Waals surface area contributed by atoms with Crippen LogP contribution in [0, 0.1) is 5.41 Å². The maximum atomic E-state index is 5.44. The van der Waals surface area contributed by atoms with Crippen LogP contribution in [-0.4, -0.2) is 18.6 Å². The minimum absolute atomic E-state index is 0.393. The van der Waals surface area contributed by atoms with E-state index in [9.17, 15) is 0 Å². The molecule has 0 unspecified atom stereocenters. The monoisotopic (exact) mass is 326 g/mol. The van der Waals surface area contributed by atoms with E-state index in [1.165, 1.54) is 48.0 Å². The van der Waals surface area contributed by atoms with Crippen LogP contribution in [-0.2, 0) is 12.8 Å². The fourth-order valence-corrected chi connectivity index (χ4v) is 3.56. The molecule has 0 bridgehead atoms. The Labute approximate surface area is 145 Å². The number of nitrogens with one attached hydrogen (secondary N) is 1. The van der Waals surface area contributed by atoms with E-state index in [1.807, 2.05) is 6.07 Å². The topological polar surface area (TPSA) is 34.1 Å². The third kappa shape index (κ3) is 3.82. The number of aromatic nitrogens is 1. The lowest BCUT2D eigenvalue weighted by Crippen LogP contribution is -2.14. The Bertz CT molecular complexity index is 716. The molecule has 130 valence electrons. The summed E-state index contributed by atoms with van der Waals surface area (Å²) in [5, 5.41) is 4.94. The van der Waals surface area contributed by atoms with Crippen LogP contribution in [0.2, 0.25) is 0 Å². The molecule has 1 aromatic carbocycles. The Morgan fingerprint density at radius 3 is 2.71 bits per heavy atom. The molecule has 2 aromatic rings. The number of methoxy groups -OCH3 is 1. The number of fused-ring (bicyclic) bond motifs is 2. The van der Waals surface area contributed by atoms with Crippen LogP contribution in [0.1, 0.15) is 57.7 Å². The van der Waals surface area contributed by atoms with Crippen LogP contribution < -0.4 is 10.1 Å². The number of hydrogen-bond acceptors (Lipinski definition) is 3. The number of nitrogens with zero attached hydrogens (tertiary/aromatic N) is 1. The number of ether oxygens (including phenoxy) is 1. The van der Waals surface area contributed by atoms with Gasteiger partial charge in [0, 0.05) is 23.3 Å². The highest BCUT2D eigenvalue weighted by Crippen LogP contribution is 2.35. The summed E-state index contributed by atoms with van der Waals surface area (Å²) in [5.41, 5.74) is 5.48. The zero-order valence-corrected chi connectivity index (χ0v) is 15.5. The Morgan fingerprint density at radius 2 is 1.96 bits per heavy atom. The Kier molecular flexibility index (Phi) is 4.98. The van der Waals surface area contributed by atoms with Gasteiger partial charge in [-0.05, 0) is 67.7 Å². The Balaban J connectivity index is 1.92. The van der Waals surface area contributed by atoms with Gasteiger partial charge in [0.15, 0.2) is 0 Å². The SMILES string of the molecule is COc1ccc2nc3c(c(NCCCC(C)(C)C)c2c1)CCCC3. The fraction of sp³-hybridized carbons (Fsp3) is 0.571. The van der Waals surface area contributed by atoms with Crippen LogP contribution in [0.3, 0.4) is 0 Å². The highest BCUT2D eigenvalue weighted by Gasteiger charge is 2.18. The van der Waals surface area contributed by atoms with Crippen LogP contribution in [0.5, 0.6) is 5.75 Å². The third-order valence-electron chi connectivity index (χ3n) is 4.87. The normalized spacial score (nSPS) is 14.5. The zero-order valence-electron chi connectivity index (χ0n) is 15.5. The molecule has 0 aliphatic heterocycles. The molecule has 0 amide bonds. The smallest absolute Gasteiger partial charge is 0.119 e. The largest absolute Gasteiger partial charge is 0.497 e. The lowest BCUT2D eigenvalue weighted by molar-refractivity contribution is 0.370. The molecule has 0 radical (unpaired) electrons. The van der Waals surface area contributed by atoms with Crippen LogP contribution in [0.15, 0.2) is 18.2 Å². The molecular formula is C21H30N2O. The van der Waals surface area contributed by atoms with Gasteiger partial charge in [-0.15, -0.1) is 0 Å². The molecule has 1 aliphatic rings. The van der Waals surface area contributed by atoms with Gasteiger partial charge in [-0.3, -0.25) is 4.98 Å². The van der Waals surface area contributed by atoms with Gasteiger partial charge in [-0.2, -0.15) is 0 Å². The second-order valence-corrected chi connectivity index (χ2v) is 8.09. The summed E-state index contributed by atoms with van der Waals surface area (Å²) >= 11 is 0. The lowest BCUT2D eigenvalue weighted by Gasteiger charge is -2.23. The Hall–Kier alpha value is -1.77. The fourth-order valence-electron chi connectivity index (χ4n) is 3.56. The van der Waals surface area contributed by atoms with Crippen LogP contribution in [0.25, 0.3) is 10.9 Å². The summed E-state index contributed by atoms with van der Waals surface area (Å²) in [5.74, 6) is 0.901. The van der Waals surface area contributed by atoms with Gasteiger partial charge < -0.3 is 10.1 Å². The van der Waals surface area contributed by atoms with Crippen molar-refractivity contribution in [2.75, 3.05) is 19.0 Å². The predicted molar refractivity (Wildman–Crippen MR) is 102 cm³/mol. The summed E-state index contributed by atoms with van der Waals surface area (Å²) < 4.78 is 5.44. The summed E-state index contributed by atoms with van der Waals surface area (Å²) in [6, 6.07) is 6.22. The molecule has 1 aromatic heterocycles. The van der Waals surface area contributed by atoms with E-state index in [-0.39, 0.29) is 0 Å². The minimum Gasteiger partial charge on any atom is -0.497 e. The summed E-state index contributed by atoms with van der Waals surface area (Å²) in [7, 11) is 1.73. The second-order valence-electron chi connectivity index (χ2n) is 8.09. The summed E-state index contributed by atoms with van der Waals surface area (Å²) in [6.07, 6.45) is 7.18. The second kappa shape index (κ2) is 7.00. The van der Waals surface area contributed by atoms with Crippen molar-refractivity contribution in [1.82, 2.24) is 4.98 Å². The van der Waals surface area contributed by atoms with Gasteiger partial charge in [0.2, 0.25) is 0 Å². The van der Waals surface area contributed by atoms with E-state index in [0.717, 1.165) is 30.7 Å². The number of pyridine rings is 1. The average molecular weight is 326 g/mol. The van der Waals surface area contributed by atoms with E-state index in [0.29, 0.717) is 5.41 Å². The first-order valence-electron chi connectivity index (χ1n) is 9.21. The van der Waals surface area contributed by atoms with Crippen molar-refractivity contribution < 1.29 is 4.74 Å². The molecule has 1 aliphatic carbocycles. The van der Waals surface area contributed by atoms with E-state index < -0.39 is 0 Å². The maximum absolute atomic E-state index is 5.44. The molecule has 0 saturated heterocycles. The maximum Gasteiger partial charge on any atom is 0.119 e. The van der Waals surface area contributed by atoms with Crippen molar-refractivity contribution in [3.05, 3.63) is 29.5 Å². The quantitative estimate of drug-likeness (QED) is 0.751. The minimum atomic E-state index is 0.393. The summed E-state index contributed by atoms with van der Waals surface area (Å²) in [6.45, 7) is 7.94. The molecule has 3 rings (SSSR count). The van der Waals surface area contributed by atoms with E-state index in [4.69, 9.17) is 9.72 Å². The van der Waals surface area contributed by atoms with Crippen molar-refractivity contribution in [2.45, 2.75) is 59.3 Å². The molecule has 3 nitrogen and oxygen atoms in total. The van der Waals surface area contributed by atoms with E-state index in [1.54, 1.807) is 7.11 Å². The highest BCUT2D eigenvalue weighted by atomic mass is 16.5. The number of rotatable bonds is 5. The molecule has 0 fully saturated rings. The Morgan fingerprint density at radius 1 is 1.17 bits per heavy atom. The number of benzene rings is 1. The molecule has 1 heterocycles. The predicted octanol–water partition coefficient (Wildman–Crippen LogP) is 5.36. The van der Waals surface area contributed by atoms with Crippen molar-refractivity contribution in [1.29, 1.82) is 0 Å².